The van der Waals surface area contributed by atoms with Crippen LogP contribution in [0.25, 0.3) is 6.08 Å². The summed E-state index contributed by atoms with van der Waals surface area (Å²) < 4.78 is 0. The van der Waals surface area contributed by atoms with Crippen LogP contribution in [-0.2, 0) is 4.79 Å². The molecule has 2 unspecified atom stereocenters. The van der Waals surface area contributed by atoms with Gasteiger partial charge < -0.3 is 10.8 Å². The molecule has 0 saturated heterocycles. The molecule has 1 aromatic carbocycles. The molecule has 1 aliphatic rings. The van der Waals surface area contributed by atoms with Crippen molar-refractivity contribution in [2.24, 2.45) is 11.7 Å². The van der Waals surface area contributed by atoms with Crippen molar-refractivity contribution in [3.8, 4) is 0 Å². The van der Waals surface area contributed by atoms with Gasteiger partial charge in [0.05, 0.1) is 5.92 Å². The third-order valence-corrected chi connectivity index (χ3v) is 2.84. The lowest BCUT2D eigenvalue weighted by Gasteiger charge is -2.17. The lowest BCUT2D eigenvalue weighted by atomic mass is 9.88. The summed E-state index contributed by atoms with van der Waals surface area (Å²) in [5, 5.41) is 9.05. The van der Waals surface area contributed by atoms with Crippen molar-refractivity contribution >= 4 is 12.0 Å². The molecule has 2 rings (SSSR count). The topological polar surface area (TPSA) is 63.3 Å². The number of hydrogen-bond acceptors (Lipinski definition) is 2. The third-order valence-electron chi connectivity index (χ3n) is 2.84. The first kappa shape index (κ1) is 9.93. The number of nitrogens with two attached hydrogens (primary N) is 1. The Kier molecular flexibility index (Phi) is 2.56. The van der Waals surface area contributed by atoms with Gasteiger partial charge in [-0.25, -0.2) is 0 Å². The summed E-state index contributed by atoms with van der Waals surface area (Å²) in [4.78, 5) is 11.0. The molecule has 2 atom stereocenters. The molecule has 0 radical (unpaired) electrons. The summed E-state index contributed by atoms with van der Waals surface area (Å²) in [6, 6.07) is 7.82. The molecule has 78 valence electrons. The van der Waals surface area contributed by atoms with E-state index in [0.29, 0.717) is 0 Å². The molecular weight excluding hydrogens is 190 g/mol. The maximum atomic E-state index is 11.0. The van der Waals surface area contributed by atoms with Crippen molar-refractivity contribution in [2.45, 2.75) is 5.92 Å². The molecule has 3 nitrogen and oxygen atoms in total. The predicted molar refractivity (Wildman–Crippen MR) is 58.4 cm³/mol. The summed E-state index contributed by atoms with van der Waals surface area (Å²) in [6.07, 6.45) is 3.89. The highest BCUT2D eigenvalue weighted by atomic mass is 16.4. The number of fused-ring (bicyclic) bond motifs is 1. The highest BCUT2D eigenvalue weighted by Crippen LogP contribution is 2.35. The van der Waals surface area contributed by atoms with Gasteiger partial charge in [0.15, 0.2) is 0 Å². The SMILES string of the molecule is NCC(C(=O)O)C1C=Cc2ccccc21. The quantitative estimate of drug-likeness (QED) is 0.781. The Morgan fingerprint density at radius 2 is 2.20 bits per heavy atom. The number of aliphatic carboxylic acids is 1. The summed E-state index contributed by atoms with van der Waals surface area (Å²) in [7, 11) is 0. The third kappa shape index (κ3) is 1.66. The lowest BCUT2D eigenvalue weighted by molar-refractivity contribution is -0.141. The molecule has 1 aliphatic carbocycles. The Morgan fingerprint density at radius 3 is 2.87 bits per heavy atom. The van der Waals surface area contributed by atoms with E-state index in [0.717, 1.165) is 11.1 Å². The van der Waals surface area contributed by atoms with Crippen LogP contribution < -0.4 is 5.73 Å². The fraction of sp³-hybridized carbons (Fsp3) is 0.250. The Bertz CT molecular complexity index is 412. The van der Waals surface area contributed by atoms with E-state index in [9.17, 15) is 4.79 Å². The first-order valence-electron chi connectivity index (χ1n) is 4.94. The average Bonchev–Trinajstić information content (AvgIpc) is 2.63. The van der Waals surface area contributed by atoms with Gasteiger partial charge in [-0.15, -0.1) is 0 Å². The second kappa shape index (κ2) is 3.87. The molecule has 0 fully saturated rings. The zero-order valence-corrected chi connectivity index (χ0v) is 8.26. The Labute approximate surface area is 88.2 Å². The van der Waals surface area contributed by atoms with E-state index in [1.54, 1.807) is 0 Å². The summed E-state index contributed by atoms with van der Waals surface area (Å²) in [5.74, 6) is -1.43. The van der Waals surface area contributed by atoms with Crippen molar-refractivity contribution in [1.29, 1.82) is 0 Å². The van der Waals surface area contributed by atoms with E-state index in [1.807, 2.05) is 36.4 Å². The van der Waals surface area contributed by atoms with Crippen molar-refractivity contribution in [3.05, 3.63) is 41.5 Å². The molecule has 0 aliphatic heterocycles. The van der Waals surface area contributed by atoms with Gasteiger partial charge in [0.2, 0.25) is 0 Å². The van der Waals surface area contributed by atoms with E-state index < -0.39 is 11.9 Å². The van der Waals surface area contributed by atoms with Crippen molar-refractivity contribution in [3.63, 3.8) is 0 Å². The van der Waals surface area contributed by atoms with Crippen LogP contribution >= 0.6 is 0 Å². The maximum Gasteiger partial charge on any atom is 0.308 e. The van der Waals surface area contributed by atoms with Crippen LogP contribution in [0.1, 0.15) is 17.0 Å². The van der Waals surface area contributed by atoms with Gasteiger partial charge >= 0.3 is 5.97 Å². The van der Waals surface area contributed by atoms with Gasteiger partial charge in [-0.1, -0.05) is 36.4 Å². The molecule has 3 N–H and O–H groups in total. The number of hydrogen-bond donors (Lipinski definition) is 2. The number of benzene rings is 1. The first-order chi connectivity index (χ1) is 7.24. The van der Waals surface area contributed by atoms with Gasteiger partial charge in [-0.2, -0.15) is 0 Å². The smallest absolute Gasteiger partial charge is 0.308 e. The molecular formula is C12H13NO2. The molecule has 15 heavy (non-hydrogen) atoms. The molecule has 0 amide bonds. The summed E-state index contributed by atoms with van der Waals surface area (Å²) in [5.41, 5.74) is 7.66. The maximum absolute atomic E-state index is 11.0. The van der Waals surface area contributed by atoms with Gasteiger partial charge in [0.1, 0.15) is 0 Å². The van der Waals surface area contributed by atoms with Crippen LogP contribution in [-0.4, -0.2) is 17.6 Å². The monoisotopic (exact) mass is 203 g/mol. The van der Waals surface area contributed by atoms with Crippen molar-refractivity contribution in [2.75, 3.05) is 6.54 Å². The zero-order valence-electron chi connectivity index (χ0n) is 8.26. The predicted octanol–water partition coefficient (Wildman–Crippen LogP) is 1.46. The molecule has 0 aromatic heterocycles. The van der Waals surface area contributed by atoms with Crippen LogP contribution in [0.15, 0.2) is 30.3 Å². The second-order valence-electron chi connectivity index (χ2n) is 3.69. The molecule has 0 saturated carbocycles. The number of carboxylic acids is 1. The molecule has 0 spiro atoms. The summed E-state index contributed by atoms with van der Waals surface area (Å²) in [6.45, 7) is 0.165. The Balaban J connectivity index is 2.34. The standard InChI is InChI=1S/C12H13NO2/c13-7-11(12(14)15)10-6-5-8-3-1-2-4-9(8)10/h1-6,10-11H,7,13H2,(H,14,15). The van der Waals surface area contributed by atoms with Gasteiger partial charge in [0, 0.05) is 12.5 Å². The van der Waals surface area contributed by atoms with Crippen molar-refractivity contribution in [1.82, 2.24) is 0 Å². The van der Waals surface area contributed by atoms with E-state index in [-0.39, 0.29) is 12.5 Å². The van der Waals surface area contributed by atoms with E-state index in [1.165, 1.54) is 0 Å². The molecule has 0 bridgehead atoms. The van der Waals surface area contributed by atoms with E-state index in [2.05, 4.69) is 0 Å². The van der Waals surface area contributed by atoms with Crippen LogP contribution in [0, 0.1) is 5.92 Å². The van der Waals surface area contributed by atoms with Crippen LogP contribution in [0.5, 0.6) is 0 Å². The largest absolute Gasteiger partial charge is 0.481 e. The minimum Gasteiger partial charge on any atom is -0.481 e. The number of carbonyl (C=O) groups is 1. The minimum absolute atomic E-state index is 0.0799. The number of allylic oxidation sites excluding steroid dienone is 1. The Hall–Kier alpha value is -1.61. The average molecular weight is 203 g/mol. The van der Waals surface area contributed by atoms with Crippen LogP contribution in [0.3, 0.4) is 0 Å². The fourth-order valence-corrected chi connectivity index (χ4v) is 2.03. The summed E-state index contributed by atoms with van der Waals surface area (Å²) >= 11 is 0. The first-order valence-corrected chi connectivity index (χ1v) is 4.94. The van der Waals surface area contributed by atoms with Gasteiger partial charge in [-0.3, -0.25) is 4.79 Å². The molecule has 3 heteroatoms. The highest BCUT2D eigenvalue weighted by molar-refractivity contribution is 5.75. The van der Waals surface area contributed by atoms with E-state index in [4.69, 9.17) is 10.8 Å². The van der Waals surface area contributed by atoms with E-state index >= 15 is 0 Å². The molecule has 1 aromatic rings. The van der Waals surface area contributed by atoms with Crippen LogP contribution in [0.4, 0.5) is 0 Å². The highest BCUT2D eigenvalue weighted by Gasteiger charge is 2.29. The van der Waals surface area contributed by atoms with Gasteiger partial charge in [0.25, 0.3) is 0 Å². The fourth-order valence-electron chi connectivity index (χ4n) is 2.03. The second-order valence-corrected chi connectivity index (χ2v) is 3.69. The Morgan fingerprint density at radius 1 is 1.47 bits per heavy atom. The lowest BCUT2D eigenvalue weighted by Crippen LogP contribution is -2.28. The van der Waals surface area contributed by atoms with Crippen LogP contribution in [0.2, 0.25) is 0 Å². The number of carboxylic acid groups (broad SMARTS) is 1. The zero-order chi connectivity index (χ0) is 10.8. The van der Waals surface area contributed by atoms with Gasteiger partial charge in [-0.05, 0) is 11.1 Å². The normalized spacial score (nSPS) is 19.9. The molecule has 0 heterocycles. The minimum atomic E-state index is -0.830. The number of rotatable bonds is 3. The van der Waals surface area contributed by atoms with Crippen molar-refractivity contribution < 1.29 is 9.90 Å².